The van der Waals surface area contributed by atoms with Gasteiger partial charge >= 0.3 is 18.2 Å². The van der Waals surface area contributed by atoms with Gasteiger partial charge in [-0.05, 0) is 40.5 Å². The molecule has 0 bridgehead atoms. The van der Waals surface area contributed by atoms with Crippen LogP contribution >= 0.6 is 0 Å². The van der Waals surface area contributed by atoms with Gasteiger partial charge in [0, 0.05) is 32.7 Å². The molecule has 2 N–H and O–H groups in total. The Morgan fingerprint density at radius 3 is 2.41 bits per heavy atom. The number of carboxylic acid groups (broad SMARTS) is 1. The van der Waals surface area contributed by atoms with Gasteiger partial charge in [0.1, 0.15) is 5.60 Å². The number of hydrogen-bond donors (Lipinski definition) is 2. The molecule has 0 radical (unpaired) electrons. The van der Waals surface area contributed by atoms with Crippen LogP contribution in [-0.4, -0.2) is 84.0 Å². The lowest BCUT2D eigenvalue weighted by Crippen LogP contribution is -2.60. The summed E-state index contributed by atoms with van der Waals surface area (Å²) in [5.41, 5.74) is -1.09. The molecule has 9 nitrogen and oxygen atoms in total. The maximum Gasteiger partial charge on any atom is 0.410 e. The molecule has 2 fully saturated rings. The maximum absolute atomic E-state index is 12.3. The van der Waals surface area contributed by atoms with Crippen molar-refractivity contribution < 1.29 is 29.0 Å². The number of amides is 2. The highest BCUT2D eigenvalue weighted by molar-refractivity contribution is 5.80. The zero-order valence-corrected chi connectivity index (χ0v) is 16.6. The van der Waals surface area contributed by atoms with Crippen LogP contribution in [0.1, 0.15) is 40.5 Å². The van der Waals surface area contributed by atoms with Gasteiger partial charge in [-0.15, -0.1) is 0 Å². The standard InChI is InChI=1S/C18H31N3O6/c1-5-26-14(22)18(6-7-18)12-19-10-13-11-20(8-9-21(13)15(23)24)16(25)27-17(2,3)4/h13,19H,5-12H2,1-4H3,(H,23,24). The number of carbonyl (C=O) groups is 3. The van der Waals surface area contributed by atoms with Crippen LogP contribution in [0.5, 0.6) is 0 Å². The number of piperazine rings is 1. The molecule has 1 aliphatic heterocycles. The molecule has 2 rings (SSSR count). The fourth-order valence-electron chi connectivity index (χ4n) is 3.14. The number of carbonyl (C=O) groups excluding carboxylic acids is 2. The van der Waals surface area contributed by atoms with Crippen molar-refractivity contribution in [1.82, 2.24) is 15.1 Å². The minimum atomic E-state index is -1.02. The summed E-state index contributed by atoms with van der Waals surface area (Å²) in [5, 5.41) is 12.6. The van der Waals surface area contributed by atoms with E-state index in [1.807, 2.05) is 0 Å². The quantitative estimate of drug-likeness (QED) is 0.667. The molecule has 9 heteroatoms. The molecule has 154 valence electrons. The van der Waals surface area contributed by atoms with Crippen LogP contribution in [-0.2, 0) is 14.3 Å². The summed E-state index contributed by atoms with van der Waals surface area (Å²) in [6.45, 7) is 9.08. The zero-order valence-electron chi connectivity index (χ0n) is 16.6. The molecular formula is C18H31N3O6. The van der Waals surface area contributed by atoms with Crippen molar-refractivity contribution in [2.45, 2.75) is 52.2 Å². The van der Waals surface area contributed by atoms with Crippen LogP contribution in [0, 0.1) is 5.41 Å². The van der Waals surface area contributed by atoms with Gasteiger partial charge in [0.2, 0.25) is 0 Å². The lowest BCUT2D eigenvalue weighted by molar-refractivity contribution is -0.149. The third-order valence-electron chi connectivity index (χ3n) is 4.79. The topological polar surface area (TPSA) is 108 Å². The van der Waals surface area contributed by atoms with E-state index in [1.54, 1.807) is 27.7 Å². The average molecular weight is 385 g/mol. The van der Waals surface area contributed by atoms with E-state index < -0.39 is 29.2 Å². The summed E-state index contributed by atoms with van der Waals surface area (Å²) in [5.74, 6) is -0.202. The number of nitrogens with zero attached hydrogens (tertiary/aromatic N) is 2. The predicted octanol–water partition coefficient (Wildman–Crippen LogP) is 1.52. The first kappa shape index (κ1) is 21.3. The molecule has 1 heterocycles. The molecule has 1 saturated heterocycles. The van der Waals surface area contributed by atoms with Crippen LogP contribution in [0.15, 0.2) is 0 Å². The molecule has 1 aliphatic carbocycles. The monoisotopic (exact) mass is 385 g/mol. The Labute approximate surface area is 160 Å². The Balaban J connectivity index is 1.91. The molecule has 2 aliphatic rings. The van der Waals surface area contributed by atoms with Crippen molar-refractivity contribution in [3.8, 4) is 0 Å². The van der Waals surface area contributed by atoms with Gasteiger partial charge in [-0.25, -0.2) is 9.59 Å². The van der Waals surface area contributed by atoms with Gasteiger partial charge in [0.05, 0.1) is 18.1 Å². The second kappa shape index (κ2) is 8.33. The van der Waals surface area contributed by atoms with Crippen molar-refractivity contribution in [3.63, 3.8) is 0 Å². The van der Waals surface area contributed by atoms with Crippen LogP contribution < -0.4 is 5.32 Å². The minimum absolute atomic E-state index is 0.202. The Morgan fingerprint density at radius 2 is 1.89 bits per heavy atom. The van der Waals surface area contributed by atoms with E-state index in [0.29, 0.717) is 26.2 Å². The molecule has 2 amide bonds. The Hall–Kier alpha value is -2.03. The number of hydrogen-bond acceptors (Lipinski definition) is 6. The van der Waals surface area contributed by atoms with E-state index in [-0.39, 0.29) is 19.1 Å². The molecule has 0 aromatic rings. The lowest BCUT2D eigenvalue weighted by Gasteiger charge is -2.40. The van der Waals surface area contributed by atoms with Crippen LogP contribution in [0.4, 0.5) is 9.59 Å². The molecule has 0 aromatic carbocycles. The molecule has 27 heavy (non-hydrogen) atoms. The van der Waals surface area contributed by atoms with Gasteiger partial charge in [0.25, 0.3) is 0 Å². The van der Waals surface area contributed by atoms with Crippen LogP contribution in [0.25, 0.3) is 0 Å². The summed E-state index contributed by atoms with van der Waals surface area (Å²) in [6, 6.07) is -0.401. The molecule has 1 saturated carbocycles. The van der Waals surface area contributed by atoms with Crippen molar-refractivity contribution >= 4 is 18.2 Å². The normalized spacial score (nSPS) is 21.6. The van der Waals surface area contributed by atoms with Crippen LogP contribution in [0.2, 0.25) is 0 Å². The fraction of sp³-hybridized carbons (Fsp3) is 0.833. The molecule has 1 atom stereocenters. The average Bonchev–Trinajstić information content (AvgIpc) is 3.34. The van der Waals surface area contributed by atoms with E-state index >= 15 is 0 Å². The smallest absolute Gasteiger partial charge is 0.410 e. The number of ether oxygens (including phenoxy) is 2. The van der Waals surface area contributed by atoms with Gasteiger partial charge in [0.15, 0.2) is 0 Å². The van der Waals surface area contributed by atoms with Gasteiger partial charge in [-0.1, -0.05) is 0 Å². The first-order valence-corrected chi connectivity index (χ1v) is 9.43. The molecule has 0 aromatic heterocycles. The summed E-state index contributed by atoms with van der Waals surface area (Å²) in [4.78, 5) is 38.7. The Bertz CT molecular complexity index is 570. The van der Waals surface area contributed by atoms with Crippen LogP contribution in [0.3, 0.4) is 0 Å². The minimum Gasteiger partial charge on any atom is -0.466 e. The lowest BCUT2D eigenvalue weighted by atomic mass is 10.1. The zero-order chi connectivity index (χ0) is 20.2. The Kier molecular flexibility index (Phi) is 6.56. The van der Waals surface area contributed by atoms with Crippen molar-refractivity contribution in [3.05, 3.63) is 0 Å². The number of nitrogens with one attached hydrogen (secondary N) is 1. The van der Waals surface area contributed by atoms with E-state index in [9.17, 15) is 19.5 Å². The van der Waals surface area contributed by atoms with E-state index in [0.717, 1.165) is 12.8 Å². The predicted molar refractivity (Wildman–Crippen MR) is 97.5 cm³/mol. The summed E-state index contributed by atoms with van der Waals surface area (Å²) in [6.07, 6.45) is 0.0895. The summed E-state index contributed by atoms with van der Waals surface area (Å²) >= 11 is 0. The summed E-state index contributed by atoms with van der Waals surface area (Å²) < 4.78 is 10.5. The number of rotatable bonds is 6. The Morgan fingerprint density at radius 1 is 1.22 bits per heavy atom. The second-order valence-corrected chi connectivity index (χ2v) is 8.19. The molecule has 1 unspecified atom stereocenters. The SMILES string of the molecule is CCOC(=O)C1(CNCC2CN(C(=O)OC(C)(C)C)CCN2C(=O)O)CC1. The highest BCUT2D eigenvalue weighted by Gasteiger charge is 2.51. The van der Waals surface area contributed by atoms with Gasteiger partial charge < -0.3 is 29.7 Å². The third kappa shape index (κ3) is 5.72. The van der Waals surface area contributed by atoms with Crippen molar-refractivity contribution in [2.24, 2.45) is 5.41 Å². The molecular weight excluding hydrogens is 354 g/mol. The first-order valence-electron chi connectivity index (χ1n) is 9.43. The van der Waals surface area contributed by atoms with Crippen molar-refractivity contribution in [2.75, 3.05) is 39.3 Å². The van der Waals surface area contributed by atoms with E-state index in [2.05, 4.69) is 5.32 Å². The van der Waals surface area contributed by atoms with Gasteiger partial charge in [-0.2, -0.15) is 0 Å². The fourth-order valence-corrected chi connectivity index (χ4v) is 3.14. The largest absolute Gasteiger partial charge is 0.466 e. The summed E-state index contributed by atoms with van der Waals surface area (Å²) in [7, 11) is 0. The highest BCUT2D eigenvalue weighted by atomic mass is 16.6. The first-order chi connectivity index (χ1) is 12.6. The van der Waals surface area contributed by atoms with E-state index in [4.69, 9.17) is 9.47 Å². The van der Waals surface area contributed by atoms with E-state index in [1.165, 1.54) is 9.80 Å². The van der Waals surface area contributed by atoms with Crippen molar-refractivity contribution in [1.29, 1.82) is 0 Å². The third-order valence-corrected chi connectivity index (χ3v) is 4.79. The molecule has 0 spiro atoms. The second-order valence-electron chi connectivity index (χ2n) is 8.19. The number of esters is 1. The highest BCUT2D eigenvalue weighted by Crippen LogP contribution is 2.46. The van der Waals surface area contributed by atoms with Gasteiger partial charge in [-0.3, -0.25) is 4.79 Å². The maximum atomic E-state index is 12.3.